The zero-order chi connectivity index (χ0) is 13.3. The third-order valence-corrected chi connectivity index (χ3v) is 3.75. The molecule has 6 nitrogen and oxygen atoms in total. The molecule has 1 amide bonds. The van der Waals surface area contributed by atoms with Gasteiger partial charge in [-0.25, -0.2) is 0 Å². The first-order valence-electron chi connectivity index (χ1n) is 5.63. The average molecular weight is 316 g/mol. The van der Waals surface area contributed by atoms with Crippen LogP contribution in [-0.4, -0.2) is 34.8 Å². The van der Waals surface area contributed by atoms with Crippen LogP contribution in [0.25, 0.3) is 0 Å². The second-order valence-corrected chi connectivity index (χ2v) is 4.98. The number of esters is 1. The monoisotopic (exact) mass is 315 g/mol. The number of halogens is 1. The maximum atomic E-state index is 11.9. The Bertz CT molecular complexity index is 498. The normalized spacial score (nSPS) is 18.2. The topological polar surface area (TPSA) is 73.2 Å². The van der Waals surface area contributed by atoms with Gasteiger partial charge in [-0.15, -0.1) is 0 Å². The molecule has 2 rings (SSSR count). The second-order valence-electron chi connectivity index (χ2n) is 4.23. The molecule has 0 saturated heterocycles. The van der Waals surface area contributed by atoms with Gasteiger partial charge in [0.05, 0.1) is 13.7 Å². The lowest BCUT2D eigenvalue weighted by Crippen LogP contribution is -2.44. The molecule has 0 aliphatic carbocycles. The van der Waals surface area contributed by atoms with Crippen LogP contribution in [-0.2, 0) is 16.1 Å². The zero-order valence-corrected chi connectivity index (χ0v) is 11.8. The van der Waals surface area contributed by atoms with Gasteiger partial charge in [0, 0.05) is 18.0 Å². The van der Waals surface area contributed by atoms with Gasteiger partial charge in [-0.3, -0.25) is 14.3 Å². The quantitative estimate of drug-likeness (QED) is 0.845. The molecule has 0 aromatic carbocycles. The molecule has 0 radical (unpaired) electrons. The summed E-state index contributed by atoms with van der Waals surface area (Å²) in [6.45, 7) is 2.42. The molecule has 98 valence electrons. The van der Waals surface area contributed by atoms with Gasteiger partial charge in [-0.2, -0.15) is 5.10 Å². The van der Waals surface area contributed by atoms with Crippen molar-refractivity contribution in [1.29, 1.82) is 0 Å². The Balaban J connectivity index is 2.09. The molecule has 1 atom stereocenters. The lowest BCUT2D eigenvalue weighted by molar-refractivity contribution is -0.140. The first-order chi connectivity index (χ1) is 8.52. The van der Waals surface area contributed by atoms with Gasteiger partial charge in [0.2, 0.25) is 0 Å². The molecule has 0 unspecified atom stereocenters. The van der Waals surface area contributed by atoms with E-state index in [2.05, 4.69) is 31.1 Å². The second kappa shape index (κ2) is 5.09. The van der Waals surface area contributed by atoms with E-state index in [0.29, 0.717) is 23.3 Å². The molecule has 18 heavy (non-hydrogen) atoms. The summed E-state index contributed by atoms with van der Waals surface area (Å²) in [5.41, 5.74) is 1.41. The van der Waals surface area contributed by atoms with Gasteiger partial charge < -0.3 is 10.1 Å². The molecule has 0 bridgehead atoms. The molecule has 1 aliphatic rings. The summed E-state index contributed by atoms with van der Waals surface area (Å²) < 4.78 is 6.94. The summed E-state index contributed by atoms with van der Waals surface area (Å²) in [7, 11) is 1.36. The van der Waals surface area contributed by atoms with Crippen molar-refractivity contribution in [2.75, 3.05) is 7.11 Å². The van der Waals surface area contributed by atoms with E-state index < -0.39 is 0 Å². The van der Waals surface area contributed by atoms with Crippen LogP contribution >= 0.6 is 15.9 Å². The fourth-order valence-electron chi connectivity index (χ4n) is 2.01. The summed E-state index contributed by atoms with van der Waals surface area (Å²) in [5.74, 6) is -0.417. The molecule has 1 aromatic rings. The van der Waals surface area contributed by atoms with E-state index in [1.807, 2.05) is 6.92 Å². The summed E-state index contributed by atoms with van der Waals surface area (Å²) >= 11 is 3.31. The number of hydrogen-bond acceptors (Lipinski definition) is 4. The van der Waals surface area contributed by atoms with E-state index in [-0.39, 0.29) is 24.3 Å². The lowest BCUT2D eigenvalue weighted by Gasteiger charge is -2.24. The fraction of sp³-hybridized carbons (Fsp3) is 0.545. The van der Waals surface area contributed by atoms with Gasteiger partial charge in [-0.05, 0) is 29.3 Å². The number of rotatable bonds is 3. The van der Waals surface area contributed by atoms with E-state index in [1.165, 1.54) is 7.11 Å². The number of carbonyl (C=O) groups excluding carboxylic acids is 2. The maximum absolute atomic E-state index is 11.9. The average Bonchev–Trinajstić information content (AvgIpc) is 2.62. The summed E-state index contributed by atoms with van der Waals surface area (Å²) in [4.78, 5) is 23.0. The Morgan fingerprint density at radius 3 is 3.06 bits per heavy atom. The summed E-state index contributed by atoms with van der Waals surface area (Å²) in [6, 6.07) is -0.0877. The van der Waals surface area contributed by atoms with Gasteiger partial charge in [0.25, 0.3) is 5.91 Å². The van der Waals surface area contributed by atoms with E-state index in [1.54, 1.807) is 4.68 Å². The third kappa shape index (κ3) is 2.40. The first kappa shape index (κ1) is 13.1. The van der Waals surface area contributed by atoms with Gasteiger partial charge >= 0.3 is 5.97 Å². The molecule has 7 heteroatoms. The number of carbonyl (C=O) groups is 2. The van der Waals surface area contributed by atoms with Crippen molar-refractivity contribution in [2.24, 2.45) is 0 Å². The highest BCUT2D eigenvalue weighted by molar-refractivity contribution is 9.10. The summed E-state index contributed by atoms with van der Waals surface area (Å²) in [6.07, 6.45) is 0.840. The SMILES string of the molecule is COC(=O)CC[C@H]1Cn2nc(Br)c(C)c2C(=O)N1. The molecule has 1 aromatic heterocycles. The highest BCUT2D eigenvalue weighted by Crippen LogP contribution is 2.22. The largest absolute Gasteiger partial charge is 0.469 e. The molecule has 0 saturated carbocycles. The molecular weight excluding hydrogens is 302 g/mol. The van der Waals surface area contributed by atoms with Crippen LogP contribution in [0, 0.1) is 6.92 Å². The molecule has 0 spiro atoms. The van der Waals surface area contributed by atoms with Crippen LogP contribution in [0.1, 0.15) is 28.9 Å². The fourth-order valence-corrected chi connectivity index (χ4v) is 2.39. The van der Waals surface area contributed by atoms with Crippen LogP contribution in [0.15, 0.2) is 4.60 Å². The highest BCUT2D eigenvalue weighted by atomic mass is 79.9. The molecular formula is C11H14BrN3O3. The number of ether oxygens (including phenoxy) is 1. The van der Waals surface area contributed by atoms with Crippen molar-refractivity contribution in [1.82, 2.24) is 15.1 Å². The standard InChI is InChI=1S/C11H14BrN3O3/c1-6-9-11(17)13-7(3-4-8(16)18-2)5-15(9)14-10(6)12/h7H,3-5H2,1-2H3,(H,13,17)/t7-/m0/s1. The summed E-state index contributed by atoms with van der Waals surface area (Å²) in [5, 5.41) is 7.13. The van der Waals surface area contributed by atoms with Crippen molar-refractivity contribution in [3.05, 3.63) is 15.9 Å². The van der Waals surface area contributed by atoms with Gasteiger partial charge in [-0.1, -0.05) is 0 Å². The Morgan fingerprint density at radius 1 is 1.67 bits per heavy atom. The Hall–Kier alpha value is -1.37. The molecule has 2 heterocycles. The predicted molar refractivity (Wildman–Crippen MR) is 67.2 cm³/mol. The number of methoxy groups -OCH3 is 1. The number of fused-ring (bicyclic) bond motifs is 1. The Kier molecular flexibility index (Phi) is 3.70. The smallest absolute Gasteiger partial charge is 0.305 e. The lowest BCUT2D eigenvalue weighted by atomic mass is 10.1. The van der Waals surface area contributed by atoms with Crippen LogP contribution < -0.4 is 5.32 Å². The van der Waals surface area contributed by atoms with Crippen molar-refractivity contribution >= 4 is 27.8 Å². The third-order valence-electron chi connectivity index (χ3n) is 3.00. The van der Waals surface area contributed by atoms with E-state index >= 15 is 0 Å². The van der Waals surface area contributed by atoms with Gasteiger partial charge in [0.15, 0.2) is 0 Å². The number of nitrogens with zero attached hydrogens (tertiary/aromatic N) is 2. The molecule has 0 fully saturated rings. The van der Waals surface area contributed by atoms with E-state index in [9.17, 15) is 9.59 Å². The van der Waals surface area contributed by atoms with Crippen LogP contribution in [0.3, 0.4) is 0 Å². The minimum absolute atomic E-state index is 0.0877. The highest BCUT2D eigenvalue weighted by Gasteiger charge is 2.28. The predicted octanol–water partition coefficient (Wildman–Crippen LogP) is 1.02. The van der Waals surface area contributed by atoms with Crippen molar-refractivity contribution in [2.45, 2.75) is 32.4 Å². The van der Waals surface area contributed by atoms with Crippen LogP contribution in [0.5, 0.6) is 0 Å². The Morgan fingerprint density at radius 2 is 2.39 bits per heavy atom. The molecule has 1 aliphatic heterocycles. The van der Waals surface area contributed by atoms with E-state index in [4.69, 9.17) is 0 Å². The molecule has 1 N–H and O–H groups in total. The number of nitrogens with one attached hydrogen (secondary N) is 1. The first-order valence-corrected chi connectivity index (χ1v) is 6.42. The Labute approximate surface area is 113 Å². The van der Waals surface area contributed by atoms with Gasteiger partial charge in [0.1, 0.15) is 10.3 Å². The van der Waals surface area contributed by atoms with Crippen molar-refractivity contribution < 1.29 is 14.3 Å². The zero-order valence-electron chi connectivity index (χ0n) is 10.2. The number of hydrogen-bond donors (Lipinski definition) is 1. The minimum Gasteiger partial charge on any atom is -0.469 e. The van der Waals surface area contributed by atoms with Crippen LogP contribution in [0.4, 0.5) is 0 Å². The van der Waals surface area contributed by atoms with Crippen molar-refractivity contribution in [3.63, 3.8) is 0 Å². The maximum Gasteiger partial charge on any atom is 0.305 e. The van der Waals surface area contributed by atoms with Crippen molar-refractivity contribution in [3.8, 4) is 0 Å². The minimum atomic E-state index is -0.270. The van der Waals surface area contributed by atoms with E-state index in [0.717, 1.165) is 5.56 Å². The number of amides is 1. The van der Waals surface area contributed by atoms with Crippen LogP contribution in [0.2, 0.25) is 0 Å². The number of aromatic nitrogens is 2.